The standard InChI is InChI=1S/C22H23ClN4O3/c23-16-6-7-18-15(11-16)12-19(24-18)21(28)25-20(10-14-4-2-1-3-5-14)22(29)27-9-8-17(13-27)26-30/h1-7,11-12,17,20,24,26,30H,8-10,13H2,(H,25,28)/t17?,20-/m0/s1. The summed E-state index contributed by atoms with van der Waals surface area (Å²) in [5.74, 6) is -0.517. The van der Waals surface area contributed by atoms with Gasteiger partial charge in [0.15, 0.2) is 0 Å². The Kier molecular flexibility index (Phi) is 6.03. The second kappa shape index (κ2) is 8.87. The molecule has 4 N–H and O–H groups in total. The maximum Gasteiger partial charge on any atom is 0.268 e. The van der Waals surface area contributed by atoms with Gasteiger partial charge in [-0.05, 0) is 36.2 Å². The van der Waals surface area contributed by atoms with Crippen LogP contribution in [0, 0.1) is 0 Å². The zero-order valence-corrected chi connectivity index (χ0v) is 17.0. The lowest BCUT2D eigenvalue weighted by Gasteiger charge is -2.24. The van der Waals surface area contributed by atoms with Crippen LogP contribution in [0.5, 0.6) is 0 Å². The van der Waals surface area contributed by atoms with E-state index in [0.717, 1.165) is 16.5 Å². The highest BCUT2D eigenvalue weighted by Crippen LogP contribution is 2.20. The van der Waals surface area contributed by atoms with Gasteiger partial charge in [0.05, 0.1) is 6.04 Å². The molecular weight excluding hydrogens is 404 g/mol. The summed E-state index contributed by atoms with van der Waals surface area (Å²) in [6.45, 7) is 0.935. The number of hydrogen-bond acceptors (Lipinski definition) is 4. The highest BCUT2D eigenvalue weighted by atomic mass is 35.5. The SMILES string of the molecule is O=C(N[C@@H](Cc1ccccc1)C(=O)N1CCC(NO)C1)c1cc2cc(Cl)ccc2[nH]1. The second-order valence-electron chi connectivity index (χ2n) is 7.53. The molecular formula is C22H23ClN4O3. The Balaban J connectivity index is 1.54. The average Bonchev–Trinajstić information content (AvgIpc) is 3.40. The first-order valence-electron chi connectivity index (χ1n) is 9.85. The molecule has 1 saturated heterocycles. The van der Waals surface area contributed by atoms with Crippen molar-refractivity contribution in [3.05, 3.63) is 70.9 Å². The number of likely N-dealkylation sites (tertiary alicyclic amines) is 1. The Morgan fingerprint density at radius 2 is 2.00 bits per heavy atom. The van der Waals surface area contributed by atoms with Gasteiger partial charge in [0, 0.05) is 35.4 Å². The lowest BCUT2D eigenvalue weighted by Crippen LogP contribution is -2.49. The summed E-state index contributed by atoms with van der Waals surface area (Å²) >= 11 is 6.03. The van der Waals surface area contributed by atoms with Gasteiger partial charge in [-0.25, -0.2) is 5.48 Å². The van der Waals surface area contributed by atoms with Crippen LogP contribution in [-0.4, -0.2) is 52.1 Å². The highest BCUT2D eigenvalue weighted by molar-refractivity contribution is 6.31. The topological polar surface area (TPSA) is 97.5 Å². The van der Waals surface area contributed by atoms with Crippen LogP contribution < -0.4 is 10.8 Å². The molecule has 0 spiro atoms. The zero-order chi connectivity index (χ0) is 21.1. The van der Waals surface area contributed by atoms with Crippen molar-refractivity contribution >= 4 is 34.3 Å². The van der Waals surface area contributed by atoms with Crippen LogP contribution in [-0.2, 0) is 11.2 Å². The van der Waals surface area contributed by atoms with Crippen LogP contribution in [0.15, 0.2) is 54.6 Å². The quantitative estimate of drug-likeness (QED) is 0.455. The van der Waals surface area contributed by atoms with E-state index < -0.39 is 6.04 Å². The molecule has 4 rings (SSSR count). The number of rotatable bonds is 6. The summed E-state index contributed by atoms with van der Waals surface area (Å²) in [4.78, 5) is 30.9. The minimum Gasteiger partial charge on any atom is -0.351 e. The lowest BCUT2D eigenvalue weighted by molar-refractivity contribution is -0.132. The molecule has 1 aliphatic rings. The Bertz CT molecular complexity index is 1050. The minimum absolute atomic E-state index is 0.152. The largest absolute Gasteiger partial charge is 0.351 e. The fraction of sp³-hybridized carbons (Fsp3) is 0.273. The first-order valence-corrected chi connectivity index (χ1v) is 10.2. The van der Waals surface area contributed by atoms with Gasteiger partial charge in [-0.15, -0.1) is 0 Å². The molecule has 2 heterocycles. The van der Waals surface area contributed by atoms with Crippen molar-refractivity contribution in [2.24, 2.45) is 0 Å². The molecule has 30 heavy (non-hydrogen) atoms. The van der Waals surface area contributed by atoms with Gasteiger partial charge < -0.3 is 20.4 Å². The summed E-state index contributed by atoms with van der Waals surface area (Å²) in [5.41, 5.74) is 4.35. The Morgan fingerprint density at radius 1 is 1.20 bits per heavy atom. The van der Waals surface area contributed by atoms with E-state index >= 15 is 0 Å². The maximum absolute atomic E-state index is 13.2. The first-order chi connectivity index (χ1) is 14.5. The first kappa shape index (κ1) is 20.4. The number of hydroxylamine groups is 1. The molecule has 0 aliphatic carbocycles. The van der Waals surface area contributed by atoms with E-state index in [1.165, 1.54) is 0 Å². The molecule has 1 aliphatic heterocycles. The Hall–Kier alpha value is -2.87. The molecule has 0 radical (unpaired) electrons. The number of carbonyl (C=O) groups is 2. The summed E-state index contributed by atoms with van der Waals surface area (Å²) in [6.07, 6.45) is 1.04. The summed E-state index contributed by atoms with van der Waals surface area (Å²) < 4.78 is 0. The van der Waals surface area contributed by atoms with Crippen LogP contribution >= 0.6 is 11.6 Å². The summed E-state index contributed by atoms with van der Waals surface area (Å²) in [5, 5.41) is 13.5. The number of amides is 2. The Morgan fingerprint density at radius 3 is 2.73 bits per heavy atom. The fourth-order valence-electron chi connectivity index (χ4n) is 3.80. The molecule has 2 atom stereocenters. The third kappa shape index (κ3) is 4.48. The van der Waals surface area contributed by atoms with Gasteiger partial charge in [-0.2, -0.15) is 0 Å². The average molecular weight is 427 g/mol. The lowest BCUT2D eigenvalue weighted by atomic mass is 10.0. The van der Waals surface area contributed by atoms with Gasteiger partial charge in [-0.1, -0.05) is 41.9 Å². The zero-order valence-electron chi connectivity index (χ0n) is 16.3. The molecule has 0 bridgehead atoms. The number of benzene rings is 2. The van der Waals surface area contributed by atoms with Crippen molar-refractivity contribution in [2.45, 2.75) is 24.9 Å². The summed E-state index contributed by atoms with van der Waals surface area (Å²) in [6, 6.07) is 15.8. The van der Waals surface area contributed by atoms with E-state index in [-0.39, 0.29) is 17.9 Å². The van der Waals surface area contributed by atoms with Crippen molar-refractivity contribution < 1.29 is 14.8 Å². The number of nitrogens with one attached hydrogen (secondary N) is 3. The monoisotopic (exact) mass is 426 g/mol. The number of fused-ring (bicyclic) bond motifs is 1. The number of aromatic amines is 1. The molecule has 1 fully saturated rings. The molecule has 8 heteroatoms. The van der Waals surface area contributed by atoms with E-state index in [2.05, 4.69) is 15.8 Å². The van der Waals surface area contributed by atoms with Gasteiger partial charge >= 0.3 is 0 Å². The summed E-state index contributed by atoms with van der Waals surface area (Å²) in [7, 11) is 0. The molecule has 0 saturated carbocycles. The molecule has 1 unspecified atom stereocenters. The minimum atomic E-state index is -0.715. The van der Waals surface area contributed by atoms with E-state index in [4.69, 9.17) is 16.8 Å². The normalized spacial score (nSPS) is 17.3. The number of halogens is 1. The van der Waals surface area contributed by atoms with E-state index in [1.807, 2.05) is 36.4 Å². The number of nitrogens with zero attached hydrogens (tertiary/aromatic N) is 1. The smallest absolute Gasteiger partial charge is 0.268 e. The van der Waals surface area contributed by atoms with Crippen LogP contribution in [0.3, 0.4) is 0 Å². The molecule has 1 aromatic heterocycles. The van der Waals surface area contributed by atoms with Crippen LogP contribution in [0.25, 0.3) is 10.9 Å². The maximum atomic E-state index is 13.2. The third-order valence-electron chi connectivity index (χ3n) is 5.40. The van der Waals surface area contributed by atoms with E-state index in [1.54, 1.807) is 23.1 Å². The highest BCUT2D eigenvalue weighted by Gasteiger charge is 2.32. The number of aromatic nitrogens is 1. The van der Waals surface area contributed by atoms with E-state index in [0.29, 0.717) is 36.6 Å². The number of hydrogen-bond donors (Lipinski definition) is 4. The molecule has 156 valence electrons. The van der Waals surface area contributed by atoms with Crippen molar-refractivity contribution in [1.29, 1.82) is 0 Å². The van der Waals surface area contributed by atoms with Crippen molar-refractivity contribution in [3.8, 4) is 0 Å². The predicted molar refractivity (Wildman–Crippen MR) is 115 cm³/mol. The number of H-pyrrole nitrogens is 1. The second-order valence-corrected chi connectivity index (χ2v) is 7.97. The van der Waals surface area contributed by atoms with Gasteiger partial charge in [0.1, 0.15) is 11.7 Å². The van der Waals surface area contributed by atoms with Crippen molar-refractivity contribution in [2.75, 3.05) is 13.1 Å². The van der Waals surface area contributed by atoms with Crippen LogP contribution in [0.2, 0.25) is 5.02 Å². The molecule has 3 aromatic rings. The number of carbonyl (C=O) groups excluding carboxylic acids is 2. The van der Waals surface area contributed by atoms with Gasteiger partial charge in [0.2, 0.25) is 5.91 Å². The fourth-order valence-corrected chi connectivity index (χ4v) is 3.98. The van der Waals surface area contributed by atoms with Crippen LogP contribution in [0.1, 0.15) is 22.5 Å². The van der Waals surface area contributed by atoms with E-state index in [9.17, 15) is 9.59 Å². The molecule has 7 nitrogen and oxygen atoms in total. The Labute approximate surface area is 179 Å². The molecule has 2 amide bonds. The van der Waals surface area contributed by atoms with Crippen molar-refractivity contribution in [3.63, 3.8) is 0 Å². The van der Waals surface area contributed by atoms with Gasteiger partial charge in [0.25, 0.3) is 5.91 Å². The van der Waals surface area contributed by atoms with Crippen molar-refractivity contribution in [1.82, 2.24) is 20.7 Å². The molecule has 2 aromatic carbocycles. The van der Waals surface area contributed by atoms with Gasteiger partial charge in [-0.3, -0.25) is 9.59 Å². The van der Waals surface area contributed by atoms with Crippen LogP contribution in [0.4, 0.5) is 0 Å². The third-order valence-corrected chi connectivity index (χ3v) is 5.63. The predicted octanol–water partition coefficient (Wildman–Crippen LogP) is 2.74.